The molecule has 0 saturated heterocycles. The monoisotopic (exact) mass is 187 g/mol. The first-order valence-electron chi connectivity index (χ1n) is 1.10. The van der Waals surface area contributed by atoms with Crippen LogP contribution in [0, 0.1) is 30.6 Å². The zero-order valence-electron chi connectivity index (χ0n) is 5.55. The molecule has 0 aliphatic carbocycles. The van der Waals surface area contributed by atoms with Crippen molar-refractivity contribution in [2.45, 2.75) is 0 Å². The molecule has 0 fully saturated rings. The average molecular weight is 187 g/mol. The molecule has 0 bridgehead atoms. The minimum Gasteiger partial charge on any atom is -0.412 e. The van der Waals surface area contributed by atoms with Crippen molar-refractivity contribution in [2.24, 2.45) is 0 Å². The zero-order valence-corrected chi connectivity index (χ0v) is 5.55. The van der Waals surface area contributed by atoms with Gasteiger partial charge in [0, 0.05) is 0 Å². The third-order valence-corrected chi connectivity index (χ3v) is 0. The molecule has 12 heteroatoms. The Morgan fingerprint density at radius 3 is 0.667 bits per heavy atom. The van der Waals surface area contributed by atoms with Gasteiger partial charge in [-0.15, -0.1) is 0 Å². The van der Waals surface area contributed by atoms with E-state index in [4.69, 9.17) is 30.6 Å². The van der Waals surface area contributed by atoms with Crippen molar-refractivity contribution < 1.29 is 26.6 Å². The van der Waals surface area contributed by atoms with Crippen molar-refractivity contribution in [1.29, 1.82) is 0 Å². The Kier molecular flexibility index (Phi) is 134. The van der Waals surface area contributed by atoms with Crippen LogP contribution in [0.4, 0.5) is 0 Å². The van der Waals surface area contributed by atoms with E-state index in [2.05, 4.69) is 0 Å². The summed E-state index contributed by atoms with van der Waals surface area (Å²) in [4.78, 5) is 16.5. The third-order valence-electron chi connectivity index (χ3n) is 0. The Morgan fingerprint density at radius 2 is 0.667 bits per heavy atom. The Hall–Kier alpha value is -1.55. The van der Waals surface area contributed by atoms with Crippen molar-refractivity contribution in [2.75, 3.05) is 0 Å². The number of rotatable bonds is 0. The van der Waals surface area contributed by atoms with Crippen molar-refractivity contribution in [1.82, 2.24) is 0 Å². The topological polar surface area (TPSA) is 227 Å². The summed E-state index contributed by atoms with van der Waals surface area (Å²) in [6, 6.07) is 0. The quantitative estimate of drug-likeness (QED) is 0.213. The van der Waals surface area contributed by atoms with Gasteiger partial charge in [-0.1, -0.05) is 0 Å². The van der Waals surface area contributed by atoms with E-state index in [-0.39, 0.29) is 26.5 Å². The van der Waals surface area contributed by atoms with Crippen LogP contribution in [0.25, 0.3) is 0 Å². The van der Waals surface area contributed by atoms with Crippen LogP contribution in [0.2, 0.25) is 0 Å². The fourth-order valence-electron chi connectivity index (χ4n) is 0. The summed E-state index contributed by atoms with van der Waals surface area (Å²) in [6.45, 7) is 0. The van der Waals surface area contributed by atoms with Crippen molar-refractivity contribution in [3.63, 3.8) is 0 Å². The Morgan fingerprint density at radius 1 is 0.667 bits per heavy atom. The molecule has 11 nitrogen and oxygen atoms in total. The van der Waals surface area contributed by atoms with Crippen molar-refractivity contribution >= 4 is 10.1 Å². The van der Waals surface area contributed by atoms with E-state index in [0.29, 0.717) is 0 Å². The van der Waals surface area contributed by atoms with Crippen LogP contribution >= 0.6 is 0 Å². The van der Waals surface area contributed by atoms with Crippen LogP contribution in [0.1, 0.15) is 0 Å². The number of hydrogen-bond donors (Lipinski definition) is 0. The second-order valence-corrected chi connectivity index (χ2v) is 0.447. The Labute approximate surface area is 68.6 Å². The van der Waals surface area contributed by atoms with Gasteiger partial charge in [-0.3, -0.25) is 0 Å². The largest absolute Gasteiger partial charge is 2.00 e. The SMILES string of the molecule is O.O.O.O=[N+]([O-])[O-].O=[N+]([O-])[O-].[Be+2]. The van der Waals surface area contributed by atoms with Gasteiger partial charge in [0.15, 0.2) is 0 Å². The van der Waals surface area contributed by atoms with Gasteiger partial charge in [0.2, 0.25) is 0 Å². The van der Waals surface area contributed by atoms with E-state index in [1.807, 2.05) is 0 Å². The Balaban J connectivity index is -0.0000000112. The maximum absolute atomic E-state index is 8.25. The summed E-state index contributed by atoms with van der Waals surface area (Å²) < 4.78 is 0. The molecule has 0 aromatic rings. The number of nitrogens with zero attached hydrogens (tertiary/aromatic N) is 2. The van der Waals surface area contributed by atoms with E-state index >= 15 is 0 Å². The first kappa shape index (κ1) is 47.1. The molecule has 0 rings (SSSR count). The summed E-state index contributed by atoms with van der Waals surface area (Å²) in [5.41, 5.74) is 0. The van der Waals surface area contributed by atoms with E-state index in [0.717, 1.165) is 0 Å². The maximum atomic E-state index is 8.25. The average Bonchev–Trinajstić information content (AvgIpc) is 1.25. The molecule has 0 aromatic carbocycles. The van der Waals surface area contributed by atoms with Crippen LogP contribution in [0.3, 0.4) is 0 Å². The van der Waals surface area contributed by atoms with E-state index in [1.54, 1.807) is 0 Å². The van der Waals surface area contributed by atoms with E-state index < -0.39 is 10.2 Å². The van der Waals surface area contributed by atoms with Crippen LogP contribution in [-0.2, 0) is 0 Å². The Bertz CT molecular complexity index is 70.5. The first-order valence-corrected chi connectivity index (χ1v) is 1.10. The molecular weight excluding hydrogens is 181 g/mol. The smallest absolute Gasteiger partial charge is 0.412 e. The van der Waals surface area contributed by atoms with Gasteiger partial charge in [-0.05, 0) is 0 Å². The van der Waals surface area contributed by atoms with Crippen LogP contribution in [0.5, 0.6) is 0 Å². The molecule has 0 radical (unpaired) electrons. The molecule has 72 valence electrons. The van der Waals surface area contributed by atoms with Gasteiger partial charge in [0.05, 0.1) is 10.2 Å². The molecule has 0 heterocycles. The second kappa shape index (κ2) is 34.1. The third kappa shape index (κ3) is 195. The molecule has 0 atom stereocenters. The standard InChI is InChI=1S/Be.2NO3.3H2O/c;2*2-1(3)4;;;/h;;;3*1H2/q+2;2*-1;;;. The number of hydrogen-bond acceptors (Lipinski definition) is 6. The summed E-state index contributed by atoms with van der Waals surface area (Å²) in [5, 5.41) is 29.5. The molecule has 0 aromatic heterocycles. The minimum atomic E-state index is -1.75. The normalized spacial score (nSPS) is 4.00. The minimum absolute atomic E-state index is 0. The predicted molar refractivity (Wildman–Crippen MR) is 37.3 cm³/mol. The molecule has 0 aliphatic heterocycles. The fraction of sp³-hybridized carbons (Fsp3) is 0. The van der Waals surface area contributed by atoms with Crippen LogP contribution < -0.4 is 0 Å². The van der Waals surface area contributed by atoms with Gasteiger partial charge in [-0.25, -0.2) is 0 Å². The molecule has 0 spiro atoms. The molecular formula is H6BeN2O9. The molecule has 0 amide bonds. The van der Waals surface area contributed by atoms with Gasteiger partial charge >= 0.3 is 10.1 Å². The molecule has 12 heavy (non-hydrogen) atoms. The molecule has 0 unspecified atom stereocenters. The van der Waals surface area contributed by atoms with Gasteiger partial charge < -0.3 is 47.1 Å². The zero-order chi connectivity index (χ0) is 7.15. The van der Waals surface area contributed by atoms with Crippen LogP contribution in [0.15, 0.2) is 0 Å². The van der Waals surface area contributed by atoms with Crippen LogP contribution in [-0.4, -0.2) is 36.7 Å². The maximum Gasteiger partial charge on any atom is 2.00 e. The molecule has 6 N–H and O–H groups in total. The van der Waals surface area contributed by atoms with Gasteiger partial charge in [0.1, 0.15) is 0 Å². The molecule has 0 aliphatic rings. The van der Waals surface area contributed by atoms with E-state index in [1.165, 1.54) is 0 Å². The summed E-state index contributed by atoms with van der Waals surface area (Å²) >= 11 is 0. The summed E-state index contributed by atoms with van der Waals surface area (Å²) in [6.07, 6.45) is 0. The summed E-state index contributed by atoms with van der Waals surface area (Å²) in [7, 11) is 0. The van der Waals surface area contributed by atoms with Crippen molar-refractivity contribution in [3.8, 4) is 0 Å². The predicted octanol–water partition coefficient (Wildman–Crippen LogP) is -3.33. The fourth-order valence-corrected chi connectivity index (χ4v) is 0. The molecule has 0 saturated carbocycles. The van der Waals surface area contributed by atoms with Gasteiger partial charge in [-0.2, -0.15) is 0 Å². The van der Waals surface area contributed by atoms with E-state index in [9.17, 15) is 0 Å². The first-order chi connectivity index (χ1) is 3.46. The second-order valence-electron chi connectivity index (χ2n) is 0.447. The van der Waals surface area contributed by atoms with Gasteiger partial charge in [0.25, 0.3) is 0 Å². The summed E-state index contributed by atoms with van der Waals surface area (Å²) in [5.74, 6) is 0. The van der Waals surface area contributed by atoms with Crippen molar-refractivity contribution in [3.05, 3.63) is 30.6 Å².